The monoisotopic (exact) mass is 416 g/mol. The number of hydrogen-bond acceptors (Lipinski definition) is 8. The van der Waals surface area contributed by atoms with E-state index < -0.39 is 35.9 Å². The average Bonchev–Trinajstić information content (AvgIpc) is 2.65. The Morgan fingerprint density at radius 3 is 2.30 bits per heavy atom. The lowest BCUT2D eigenvalue weighted by atomic mass is 9.94. The number of aliphatic hydroxyl groups is 3. The molecule has 6 nitrogen and oxygen atoms in total. The molecule has 8 heteroatoms. The van der Waals surface area contributed by atoms with E-state index in [-0.39, 0.29) is 5.25 Å². The molecule has 0 spiro atoms. The maximum Gasteiger partial charge on any atom is 0.132 e. The zero-order chi connectivity index (χ0) is 20.1. The van der Waals surface area contributed by atoms with E-state index in [0.717, 1.165) is 17.9 Å². The minimum Gasteiger partial charge on any atom is -0.388 e. The number of thioether (sulfide) groups is 2. The topological polar surface area (TPSA) is 99.2 Å². The molecule has 1 fully saturated rings. The normalized spacial score (nSPS) is 31.1. The first-order valence-electron chi connectivity index (χ1n) is 9.13. The van der Waals surface area contributed by atoms with Crippen molar-refractivity contribution in [3.63, 3.8) is 0 Å². The van der Waals surface area contributed by atoms with Crippen LogP contribution in [0.25, 0.3) is 0 Å². The van der Waals surface area contributed by atoms with Crippen molar-refractivity contribution in [1.29, 1.82) is 0 Å². The standard InChI is InChI=1S/C19H32N2O4S2/c1-11(27-13-7-5-12(6-8-13)9-10-21(2)3)14(20)18-16(23)15(22)17(24)19(25-18)26-4/h5-8,11,14-19,22-24H,9-10,20H2,1-4H3/t11-,14+,15+,16?,17+,18+,19?/m0/s1. The summed E-state index contributed by atoms with van der Waals surface area (Å²) in [6.07, 6.45) is -1.54. The van der Waals surface area contributed by atoms with Crippen LogP contribution in [0.15, 0.2) is 29.2 Å². The summed E-state index contributed by atoms with van der Waals surface area (Å²) in [5.41, 5.74) is 7.04. The Hall–Kier alpha value is -0.320. The number of aliphatic hydroxyl groups excluding tert-OH is 3. The molecule has 1 aliphatic heterocycles. The molecule has 0 aliphatic carbocycles. The SMILES string of the molecule is CSC1O[C@H]([C@H](N)[C@H](C)Sc2ccc(CCN(C)C)cc2)C(O)[C@@H](O)[C@H]1O. The van der Waals surface area contributed by atoms with Gasteiger partial charge >= 0.3 is 0 Å². The maximum absolute atomic E-state index is 10.3. The largest absolute Gasteiger partial charge is 0.388 e. The molecule has 154 valence electrons. The predicted molar refractivity (Wildman–Crippen MR) is 112 cm³/mol. The van der Waals surface area contributed by atoms with Crippen molar-refractivity contribution in [3.05, 3.63) is 29.8 Å². The van der Waals surface area contributed by atoms with Gasteiger partial charge in [-0.25, -0.2) is 0 Å². The van der Waals surface area contributed by atoms with Crippen LogP contribution in [0.5, 0.6) is 0 Å². The number of ether oxygens (including phenoxy) is 1. The van der Waals surface area contributed by atoms with E-state index >= 15 is 0 Å². The summed E-state index contributed by atoms with van der Waals surface area (Å²) >= 11 is 2.91. The lowest BCUT2D eigenvalue weighted by Crippen LogP contribution is -2.62. The summed E-state index contributed by atoms with van der Waals surface area (Å²) in [5, 5.41) is 30.3. The van der Waals surface area contributed by atoms with E-state index in [1.807, 2.05) is 6.92 Å². The van der Waals surface area contributed by atoms with Gasteiger partial charge in [0.2, 0.25) is 0 Å². The molecule has 1 saturated heterocycles. The van der Waals surface area contributed by atoms with Gasteiger partial charge in [0.15, 0.2) is 0 Å². The van der Waals surface area contributed by atoms with Gasteiger partial charge in [-0.15, -0.1) is 23.5 Å². The van der Waals surface area contributed by atoms with Crippen molar-refractivity contribution in [2.75, 3.05) is 26.9 Å². The van der Waals surface area contributed by atoms with Crippen LogP contribution >= 0.6 is 23.5 Å². The minimum absolute atomic E-state index is 0.0396. The lowest BCUT2D eigenvalue weighted by Gasteiger charge is -2.43. The Morgan fingerprint density at radius 2 is 1.74 bits per heavy atom. The summed E-state index contributed by atoms with van der Waals surface area (Å²) in [7, 11) is 4.12. The summed E-state index contributed by atoms with van der Waals surface area (Å²) in [5.74, 6) is 0. The summed E-state index contributed by atoms with van der Waals surface area (Å²) in [6.45, 7) is 2.99. The van der Waals surface area contributed by atoms with Crippen LogP contribution in [-0.4, -0.2) is 88.3 Å². The molecule has 7 atom stereocenters. The summed E-state index contributed by atoms with van der Waals surface area (Å²) in [4.78, 5) is 3.26. The van der Waals surface area contributed by atoms with Gasteiger partial charge in [0, 0.05) is 22.7 Å². The van der Waals surface area contributed by atoms with E-state index in [1.54, 1.807) is 18.0 Å². The van der Waals surface area contributed by atoms with Crippen LogP contribution in [0.3, 0.4) is 0 Å². The molecular formula is C19H32N2O4S2. The van der Waals surface area contributed by atoms with Gasteiger partial charge < -0.3 is 30.7 Å². The van der Waals surface area contributed by atoms with Gasteiger partial charge in [-0.05, 0) is 44.5 Å². The molecular weight excluding hydrogens is 384 g/mol. The Bertz CT molecular complexity index is 573. The molecule has 5 N–H and O–H groups in total. The number of likely N-dealkylation sites (N-methyl/N-ethyl adjacent to an activating group) is 1. The fraction of sp³-hybridized carbons (Fsp3) is 0.684. The van der Waals surface area contributed by atoms with Crippen LogP contribution in [0, 0.1) is 0 Å². The second-order valence-electron chi connectivity index (χ2n) is 7.27. The van der Waals surface area contributed by atoms with Crippen molar-refractivity contribution in [2.24, 2.45) is 5.73 Å². The quantitative estimate of drug-likeness (QED) is 0.461. The van der Waals surface area contributed by atoms with Crippen LogP contribution in [0.1, 0.15) is 12.5 Å². The number of hydrogen-bond donors (Lipinski definition) is 4. The third kappa shape index (κ3) is 6.08. The molecule has 1 heterocycles. The number of nitrogens with zero attached hydrogens (tertiary/aromatic N) is 1. The van der Waals surface area contributed by atoms with E-state index in [4.69, 9.17) is 10.5 Å². The molecule has 2 unspecified atom stereocenters. The second kappa shape index (κ2) is 10.5. The van der Waals surface area contributed by atoms with Crippen LogP contribution in [0.4, 0.5) is 0 Å². The van der Waals surface area contributed by atoms with Gasteiger partial charge in [0.1, 0.15) is 29.9 Å². The second-order valence-corrected chi connectivity index (χ2v) is 9.66. The average molecular weight is 417 g/mol. The predicted octanol–water partition coefficient (Wildman–Crippen LogP) is 0.769. The number of rotatable bonds is 8. The first-order valence-corrected chi connectivity index (χ1v) is 11.3. The van der Waals surface area contributed by atoms with Crippen LogP contribution in [0.2, 0.25) is 0 Å². The highest BCUT2D eigenvalue weighted by Crippen LogP contribution is 2.32. The molecule has 0 aromatic heterocycles. The van der Waals surface area contributed by atoms with Crippen molar-refractivity contribution < 1.29 is 20.1 Å². The molecule has 0 bridgehead atoms. The van der Waals surface area contributed by atoms with Crippen LogP contribution in [-0.2, 0) is 11.2 Å². The Balaban J connectivity index is 1.97. The molecule has 1 aromatic carbocycles. The van der Waals surface area contributed by atoms with Gasteiger partial charge in [0.05, 0.1) is 0 Å². The molecule has 27 heavy (non-hydrogen) atoms. The van der Waals surface area contributed by atoms with Crippen molar-refractivity contribution in [1.82, 2.24) is 4.90 Å². The highest BCUT2D eigenvalue weighted by Gasteiger charge is 2.46. The fourth-order valence-corrected chi connectivity index (χ4v) is 4.75. The van der Waals surface area contributed by atoms with E-state index in [2.05, 4.69) is 43.3 Å². The van der Waals surface area contributed by atoms with Crippen LogP contribution < -0.4 is 5.73 Å². The molecule has 2 rings (SSSR count). The summed E-state index contributed by atoms with van der Waals surface area (Å²) < 4.78 is 5.78. The molecule has 1 aromatic rings. The van der Waals surface area contributed by atoms with Crippen molar-refractivity contribution in [2.45, 2.75) is 59.4 Å². The van der Waals surface area contributed by atoms with E-state index in [0.29, 0.717) is 0 Å². The van der Waals surface area contributed by atoms with Gasteiger partial charge in [-0.3, -0.25) is 0 Å². The maximum atomic E-state index is 10.3. The smallest absolute Gasteiger partial charge is 0.132 e. The highest BCUT2D eigenvalue weighted by molar-refractivity contribution is 8.00. The third-order valence-electron chi connectivity index (χ3n) is 4.85. The van der Waals surface area contributed by atoms with E-state index in [1.165, 1.54) is 17.3 Å². The number of benzene rings is 1. The highest BCUT2D eigenvalue weighted by atomic mass is 32.2. The lowest BCUT2D eigenvalue weighted by molar-refractivity contribution is -0.202. The zero-order valence-electron chi connectivity index (χ0n) is 16.4. The first kappa shape index (κ1) is 23.0. The van der Waals surface area contributed by atoms with Gasteiger partial charge in [-0.2, -0.15) is 0 Å². The Kier molecular flexibility index (Phi) is 8.89. The molecule has 0 radical (unpaired) electrons. The zero-order valence-corrected chi connectivity index (χ0v) is 18.0. The molecule has 0 saturated carbocycles. The fourth-order valence-electron chi connectivity index (χ4n) is 3.03. The Morgan fingerprint density at radius 1 is 1.11 bits per heavy atom. The first-order chi connectivity index (χ1) is 12.7. The third-order valence-corrected chi connectivity index (χ3v) is 6.94. The Labute approximate surface area is 170 Å². The van der Waals surface area contributed by atoms with Gasteiger partial charge in [0.25, 0.3) is 0 Å². The van der Waals surface area contributed by atoms with E-state index in [9.17, 15) is 15.3 Å². The van der Waals surface area contributed by atoms with Gasteiger partial charge in [-0.1, -0.05) is 19.1 Å². The van der Waals surface area contributed by atoms with Crippen molar-refractivity contribution >= 4 is 23.5 Å². The number of nitrogens with two attached hydrogens (primary N) is 1. The summed E-state index contributed by atoms with van der Waals surface area (Å²) in [6, 6.07) is 7.93. The molecule has 0 amide bonds. The van der Waals surface area contributed by atoms with Crippen molar-refractivity contribution in [3.8, 4) is 0 Å². The molecule has 1 aliphatic rings. The minimum atomic E-state index is -1.26.